The zero-order valence-electron chi connectivity index (χ0n) is 7.30. The topological polar surface area (TPSA) is 45.7 Å². The van der Waals surface area contributed by atoms with E-state index in [-0.39, 0.29) is 10.7 Å². The molecule has 0 aromatic carbocycles. The standard InChI is InChI=1S/C7H10Cl2N3OS/c8-7-5-14(11-12(9)10-7)6-2-1-3-13-4-6/h4-5,10-11H,1-3H2/q+1. The summed E-state index contributed by atoms with van der Waals surface area (Å²) in [5.74, 6) is 0. The second-order valence-corrected chi connectivity index (χ2v) is 5.21. The Labute approximate surface area is 94.0 Å². The Balaban J connectivity index is 2.35. The number of hydrogen-bond donors (Lipinski definition) is 2. The molecule has 78 valence electrons. The molecule has 0 aliphatic carbocycles. The Morgan fingerprint density at radius 1 is 1.57 bits per heavy atom. The van der Waals surface area contributed by atoms with E-state index in [1.807, 2.05) is 5.38 Å². The Bertz CT molecular complexity index is 365. The Kier molecular flexibility index (Phi) is 3.10. The lowest BCUT2D eigenvalue weighted by Crippen LogP contribution is -2.00. The summed E-state index contributed by atoms with van der Waals surface area (Å²) in [6, 6.07) is 0. The lowest BCUT2D eigenvalue weighted by Gasteiger charge is -2.07. The van der Waals surface area contributed by atoms with Crippen LogP contribution in [0, 0.1) is 0 Å². The van der Waals surface area contributed by atoms with Gasteiger partial charge in [-0.25, -0.2) is 0 Å². The van der Waals surface area contributed by atoms with Gasteiger partial charge >= 0.3 is 0 Å². The molecule has 0 radical (unpaired) electrons. The van der Waals surface area contributed by atoms with Gasteiger partial charge in [0, 0.05) is 6.42 Å². The second kappa shape index (κ2) is 4.33. The Morgan fingerprint density at radius 2 is 2.43 bits per heavy atom. The predicted molar refractivity (Wildman–Crippen MR) is 59.0 cm³/mol. The molecule has 14 heavy (non-hydrogen) atoms. The molecule has 0 saturated carbocycles. The largest absolute Gasteiger partial charge is 0.496 e. The predicted octanol–water partition coefficient (Wildman–Crippen LogP) is 3.28. The molecule has 1 atom stereocenters. The summed E-state index contributed by atoms with van der Waals surface area (Å²) in [6.07, 6.45) is 3.84. The number of nitrogens with zero attached hydrogens (tertiary/aromatic N) is 1. The summed E-state index contributed by atoms with van der Waals surface area (Å²) >= 11 is 11.6. The van der Waals surface area contributed by atoms with E-state index < -0.39 is 0 Å². The maximum absolute atomic E-state index is 5.85. The van der Waals surface area contributed by atoms with Crippen molar-refractivity contribution in [3.8, 4) is 0 Å². The van der Waals surface area contributed by atoms with E-state index in [1.165, 1.54) is 9.22 Å². The maximum atomic E-state index is 5.85. The van der Waals surface area contributed by atoms with Gasteiger partial charge in [-0.05, 0) is 6.42 Å². The molecule has 1 aliphatic rings. The molecule has 1 aromatic heterocycles. The van der Waals surface area contributed by atoms with Gasteiger partial charge in [-0.15, -0.1) is 0 Å². The molecule has 1 aromatic rings. The minimum Gasteiger partial charge on any atom is -0.496 e. The fourth-order valence-corrected chi connectivity index (χ4v) is 3.24. The fourth-order valence-electron chi connectivity index (χ4n) is 1.20. The van der Waals surface area contributed by atoms with Crippen molar-refractivity contribution in [3.05, 3.63) is 16.8 Å². The van der Waals surface area contributed by atoms with Crippen molar-refractivity contribution < 1.29 is 4.74 Å². The van der Waals surface area contributed by atoms with E-state index in [1.54, 1.807) is 6.26 Å². The van der Waals surface area contributed by atoms with Crippen molar-refractivity contribution in [3.63, 3.8) is 0 Å². The van der Waals surface area contributed by atoms with Gasteiger partial charge in [-0.2, -0.15) is 0 Å². The quantitative estimate of drug-likeness (QED) is 0.743. The summed E-state index contributed by atoms with van der Waals surface area (Å²) < 4.78 is 9.52. The summed E-state index contributed by atoms with van der Waals surface area (Å²) in [4.78, 5) is 1.18. The van der Waals surface area contributed by atoms with Crippen molar-refractivity contribution in [2.24, 2.45) is 0 Å². The highest BCUT2D eigenvalue weighted by Crippen LogP contribution is 2.33. The van der Waals surface area contributed by atoms with Crippen molar-refractivity contribution in [1.82, 2.24) is 13.9 Å². The van der Waals surface area contributed by atoms with Crippen LogP contribution in [0.15, 0.2) is 11.6 Å². The molecular weight excluding hydrogens is 245 g/mol. The molecule has 0 spiro atoms. The zero-order chi connectivity index (χ0) is 9.97. The first-order valence-corrected chi connectivity index (χ1v) is 6.16. The van der Waals surface area contributed by atoms with Crippen LogP contribution in [-0.2, 0) is 4.74 Å². The van der Waals surface area contributed by atoms with Crippen LogP contribution >= 0.6 is 34.0 Å². The normalized spacial score (nSPS) is 17.3. The minimum absolute atomic E-state index is 0.268. The number of aromatic amines is 2. The van der Waals surface area contributed by atoms with Crippen LogP contribution in [0.2, 0.25) is 5.15 Å². The molecule has 0 saturated heterocycles. The van der Waals surface area contributed by atoms with Gasteiger partial charge in [-0.1, -0.05) is 20.4 Å². The minimum atomic E-state index is -0.268. The third kappa shape index (κ3) is 2.29. The molecule has 0 fully saturated rings. The van der Waals surface area contributed by atoms with Crippen molar-refractivity contribution in [2.75, 3.05) is 6.61 Å². The molecule has 0 amide bonds. The van der Waals surface area contributed by atoms with Gasteiger partial charge in [0.2, 0.25) is 10.3 Å². The Morgan fingerprint density at radius 3 is 3.07 bits per heavy atom. The summed E-state index contributed by atoms with van der Waals surface area (Å²) in [6.45, 7) is 0.793. The molecule has 1 unspecified atom stereocenters. The molecular formula is C7H10Cl2N3OS+. The van der Waals surface area contributed by atoms with Crippen LogP contribution < -0.4 is 0 Å². The van der Waals surface area contributed by atoms with Crippen molar-refractivity contribution in [2.45, 2.75) is 12.8 Å². The van der Waals surface area contributed by atoms with Gasteiger partial charge in [0.15, 0.2) is 5.15 Å². The number of hydrogen-bond acceptors (Lipinski definition) is 1. The molecule has 1 aliphatic heterocycles. The molecule has 7 heteroatoms. The van der Waals surface area contributed by atoms with Crippen molar-refractivity contribution in [1.29, 1.82) is 0 Å². The van der Waals surface area contributed by atoms with E-state index in [0.29, 0.717) is 5.15 Å². The third-order valence-corrected chi connectivity index (χ3v) is 4.10. The number of ether oxygens (including phenoxy) is 1. The highest BCUT2D eigenvalue weighted by molar-refractivity contribution is 7.37. The van der Waals surface area contributed by atoms with Crippen LogP contribution in [-0.4, -0.2) is 20.5 Å². The number of allylic oxidation sites excluding steroid dienone is 1. The monoisotopic (exact) mass is 254 g/mol. The number of halogens is 2. The average molecular weight is 255 g/mol. The van der Waals surface area contributed by atoms with Crippen LogP contribution in [0.25, 0.3) is 4.91 Å². The zero-order valence-corrected chi connectivity index (χ0v) is 9.62. The SMILES string of the molecule is Clc1c[s+](C2=COCCC2)[nH]n(Cl)[nH]1. The Hall–Kier alpha value is -0.520. The van der Waals surface area contributed by atoms with E-state index in [4.69, 9.17) is 28.1 Å². The third-order valence-electron chi connectivity index (χ3n) is 1.79. The van der Waals surface area contributed by atoms with Gasteiger partial charge in [0.25, 0.3) is 0 Å². The van der Waals surface area contributed by atoms with Crippen LogP contribution in [0.4, 0.5) is 0 Å². The molecule has 2 rings (SSSR count). The van der Waals surface area contributed by atoms with Crippen LogP contribution in [0.5, 0.6) is 0 Å². The van der Waals surface area contributed by atoms with Gasteiger partial charge in [-0.3, -0.25) is 5.10 Å². The van der Waals surface area contributed by atoms with E-state index in [2.05, 4.69) is 9.59 Å². The first-order valence-electron chi connectivity index (χ1n) is 4.15. The van der Waals surface area contributed by atoms with Gasteiger partial charge in [0.05, 0.1) is 18.4 Å². The lowest BCUT2D eigenvalue weighted by molar-refractivity contribution is 0.236. The van der Waals surface area contributed by atoms with Crippen molar-refractivity contribution >= 4 is 38.9 Å². The number of aromatic nitrogens is 3. The highest BCUT2D eigenvalue weighted by Gasteiger charge is 2.17. The first-order chi connectivity index (χ1) is 6.75. The van der Waals surface area contributed by atoms with E-state index >= 15 is 0 Å². The summed E-state index contributed by atoms with van der Waals surface area (Å²) in [7, 11) is -0.268. The average Bonchev–Trinajstić information content (AvgIpc) is 2.18. The summed E-state index contributed by atoms with van der Waals surface area (Å²) in [5, 5.41) is 5.11. The van der Waals surface area contributed by atoms with E-state index in [9.17, 15) is 0 Å². The highest BCUT2D eigenvalue weighted by atomic mass is 35.5. The van der Waals surface area contributed by atoms with Crippen LogP contribution in [0.3, 0.4) is 0 Å². The number of nitrogens with one attached hydrogen (secondary N) is 2. The maximum Gasteiger partial charge on any atom is 0.213 e. The lowest BCUT2D eigenvalue weighted by atomic mass is 10.3. The molecule has 4 nitrogen and oxygen atoms in total. The molecule has 0 bridgehead atoms. The number of H-pyrrole nitrogens is 2. The van der Waals surface area contributed by atoms with Crippen LogP contribution in [0.1, 0.15) is 12.8 Å². The number of rotatable bonds is 1. The first kappa shape index (κ1) is 10.0. The smallest absolute Gasteiger partial charge is 0.213 e. The summed E-state index contributed by atoms with van der Waals surface area (Å²) in [5.41, 5.74) is 0. The fraction of sp³-hybridized carbons (Fsp3) is 0.429. The molecule has 2 N–H and O–H groups in total. The van der Waals surface area contributed by atoms with E-state index in [0.717, 1.165) is 19.4 Å². The van der Waals surface area contributed by atoms with Gasteiger partial charge < -0.3 is 4.74 Å². The van der Waals surface area contributed by atoms with Gasteiger partial charge in [0.1, 0.15) is 16.9 Å². The molecule has 2 heterocycles. The second-order valence-electron chi connectivity index (χ2n) is 2.85.